The molecule has 0 saturated carbocycles. The number of fused-ring (bicyclic) bond motifs is 1. The first-order valence-corrected chi connectivity index (χ1v) is 15.2. The van der Waals surface area contributed by atoms with Gasteiger partial charge in [-0.05, 0) is 73.9 Å². The highest BCUT2D eigenvalue weighted by Crippen LogP contribution is 2.31. The second kappa shape index (κ2) is 12.4. The number of aryl methyl sites for hydroxylation is 1. The topological polar surface area (TPSA) is 100 Å². The molecule has 1 saturated heterocycles. The molecule has 10 heteroatoms. The Hall–Kier alpha value is -3.73. The molecule has 1 aliphatic heterocycles. The van der Waals surface area contributed by atoms with Gasteiger partial charge in [-0.2, -0.15) is 8.42 Å². The Morgan fingerprint density at radius 1 is 1.05 bits per heavy atom. The van der Waals surface area contributed by atoms with Crippen molar-refractivity contribution in [3.63, 3.8) is 0 Å². The van der Waals surface area contributed by atoms with E-state index in [0.717, 1.165) is 46.4 Å². The zero-order chi connectivity index (χ0) is 29.0. The maximum atomic E-state index is 13.4. The van der Waals surface area contributed by atoms with E-state index in [1.807, 2.05) is 62.3 Å². The first-order chi connectivity index (χ1) is 19.7. The van der Waals surface area contributed by atoms with Crippen molar-refractivity contribution in [1.82, 2.24) is 9.97 Å². The van der Waals surface area contributed by atoms with Crippen LogP contribution >= 0.6 is 0 Å². The van der Waals surface area contributed by atoms with Crippen LogP contribution in [0.25, 0.3) is 22.2 Å². The normalized spacial score (nSPS) is 16.3. The summed E-state index contributed by atoms with van der Waals surface area (Å²) in [5.41, 5.74) is 3.36. The highest BCUT2D eigenvalue weighted by atomic mass is 32.2. The number of benzene rings is 2. The van der Waals surface area contributed by atoms with Crippen molar-refractivity contribution in [3.05, 3.63) is 72.4 Å². The fourth-order valence-electron chi connectivity index (χ4n) is 4.52. The van der Waals surface area contributed by atoms with Crippen LogP contribution in [-0.4, -0.2) is 51.7 Å². The standard InChI is InChI=1S/C31H35N3O6S/c1-5-30(40-41(35,36)28-15-9-21(2)18-27(28)39-31-8-6-7-17-37-31)38-24-12-14-25-22(19-24)10-13-26(33-25)23-11-16-29(32-20-23)34(3)4/h9-16,18-20,30-31H,5-8,17H2,1-4H3. The number of rotatable bonds is 10. The minimum absolute atomic E-state index is 0.0531. The first kappa shape index (κ1) is 28.8. The summed E-state index contributed by atoms with van der Waals surface area (Å²) in [6.45, 7) is 4.26. The monoisotopic (exact) mass is 577 g/mol. The number of hydrogen-bond acceptors (Lipinski definition) is 9. The van der Waals surface area contributed by atoms with E-state index in [-0.39, 0.29) is 10.6 Å². The third kappa shape index (κ3) is 6.95. The van der Waals surface area contributed by atoms with Gasteiger partial charge in [0.1, 0.15) is 22.2 Å². The van der Waals surface area contributed by atoms with Gasteiger partial charge >= 0.3 is 10.1 Å². The van der Waals surface area contributed by atoms with E-state index in [4.69, 9.17) is 23.4 Å². The van der Waals surface area contributed by atoms with E-state index in [0.29, 0.717) is 25.2 Å². The van der Waals surface area contributed by atoms with Crippen molar-refractivity contribution in [2.24, 2.45) is 0 Å². The van der Waals surface area contributed by atoms with Gasteiger partial charge in [-0.25, -0.2) is 14.2 Å². The van der Waals surface area contributed by atoms with Crippen LogP contribution < -0.4 is 14.4 Å². The Bertz CT molecular complexity index is 1600. The van der Waals surface area contributed by atoms with Crippen LogP contribution in [0, 0.1) is 6.92 Å². The van der Waals surface area contributed by atoms with Crippen molar-refractivity contribution in [1.29, 1.82) is 0 Å². The lowest BCUT2D eigenvalue weighted by Gasteiger charge is -2.25. The predicted molar refractivity (Wildman–Crippen MR) is 158 cm³/mol. The Kier molecular flexibility index (Phi) is 8.72. The maximum absolute atomic E-state index is 13.4. The van der Waals surface area contributed by atoms with Crippen molar-refractivity contribution < 1.29 is 26.8 Å². The highest BCUT2D eigenvalue weighted by molar-refractivity contribution is 7.86. The largest absolute Gasteiger partial charge is 0.464 e. The van der Waals surface area contributed by atoms with Crippen molar-refractivity contribution in [3.8, 4) is 22.8 Å². The van der Waals surface area contributed by atoms with Gasteiger partial charge in [0.2, 0.25) is 6.29 Å². The van der Waals surface area contributed by atoms with Crippen molar-refractivity contribution in [2.45, 2.75) is 57.0 Å². The number of ether oxygens (including phenoxy) is 3. The van der Waals surface area contributed by atoms with Gasteiger partial charge in [-0.3, -0.25) is 0 Å². The summed E-state index contributed by atoms with van der Waals surface area (Å²) in [7, 11) is -0.313. The van der Waals surface area contributed by atoms with Gasteiger partial charge in [-0.1, -0.05) is 19.1 Å². The lowest BCUT2D eigenvalue weighted by molar-refractivity contribution is -0.107. The molecule has 41 heavy (non-hydrogen) atoms. The lowest BCUT2D eigenvalue weighted by Crippen LogP contribution is -2.27. The molecule has 0 aliphatic carbocycles. The Morgan fingerprint density at radius 3 is 2.61 bits per heavy atom. The van der Waals surface area contributed by atoms with E-state index >= 15 is 0 Å². The Morgan fingerprint density at radius 2 is 1.90 bits per heavy atom. The third-order valence-corrected chi connectivity index (χ3v) is 8.11. The van der Waals surface area contributed by atoms with E-state index in [1.165, 1.54) is 6.07 Å². The minimum atomic E-state index is -4.20. The summed E-state index contributed by atoms with van der Waals surface area (Å²) in [5.74, 6) is 1.56. The first-order valence-electron chi connectivity index (χ1n) is 13.8. The molecule has 2 aromatic heterocycles. The van der Waals surface area contributed by atoms with Crippen LogP contribution in [0.2, 0.25) is 0 Å². The summed E-state index contributed by atoms with van der Waals surface area (Å²) in [5, 5.41) is 0.850. The number of aromatic nitrogens is 2. The second-order valence-corrected chi connectivity index (χ2v) is 11.8. The average molecular weight is 578 g/mol. The number of anilines is 1. The molecule has 1 aliphatic rings. The van der Waals surface area contributed by atoms with Crippen LogP contribution in [0.15, 0.2) is 71.8 Å². The summed E-state index contributed by atoms with van der Waals surface area (Å²) >= 11 is 0. The van der Waals surface area contributed by atoms with E-state index in [2.05, 4.69) is 4.98 Å². The van der Waals surface area contributed by atoms with Gasteiger partial charge < -0.3 is 19.1 Å². The number of nitrogens with zero attached hydrogens (tertiary/aromatic N) is 3. The molecule has 2 unspecified atom stereocenters. The molecule has 0 bridgehead atoms. The molecular formula is C31H35N3O6S. The zero-order valence-electron chi connectivity index (χ0n) is 23.7. The van der Waals surface area contributed by atoms with Crippen molar-refractivity contribution in [2.75, 3.05) is 25.6 Å². The Labute approximate surface area is 241 Å². The fourth-order valence-corrected chi connectivity index (χ4v) is 5.67. The van der Waals surface area contributed by atoms with Gasteiger partial charge in [0.15, 0.2) is 6.29 Å². The molecule has 0 amide bonds. The van der Waals surface area contributed by atoms with Gasteiger partial charge in [0.05, 0.1) is 17.8 Å². The fraction of sp³-hybridized carbons (Fsp3) is 0.355. The molecule has 216 valence electrons. The second-order valence-electron chi connectivity index (χ2n) is 10.2. The van der Waals surface area contributed by atoms with E-state index in [9.17, 15) is 8.42 Å². The van der Waals surface area contributed by atoms with Crippen LogP contribution in [0.3, 0.4) is 0 Å². The van der Waals surface area contributed by atoms with Crippen LogP contribution in [0.4, 0.5) is 5.82 Å². The average Bonchev–Trinajstić information content (AvgIpc) is 2.97. The molecule has 2 atom stereocenters. The molecule has 0 N–H and O–H groups in total. The van der Waals surface area contributed by atoms with Crippen LogP contribution in [-0.2, 0) is 19.0 Å². The molecule has 5 rings (SSSR count). The lowest BCUT2D eigenvalue weighted by atomic mass is 10.1. The quantitative estimate of drug-likeness (QED) is 0.164. The summed E-state index contributed by atoms with van der Waals surface area (Å²) in [6, 6.07) is 18.1. The molecule has 0 radical (unpaired) electrons. The molecule has 4 aromatic rings. The third-order valence-electron chi connectivity index (χ3n) is 6.76. The molecular weight excluding hydrogens is 542 g/mol. The van der Waals surface area contributed by atoms with Gasteiger partial charge in [0.25, 0.3) is 0 Å². The molecule has 1 fully saturated rings. The zero-order valence-corrected chi connectivity index (χ0v) is 24.6. The molecule has 9 nitrogen and oxygen atoms in total. The van der Waals surface area contributed by atoms with E-state index in [1.54, 1.807) is 31.3 Å². The van der Waals surface area contributed by atoms with Gasteiger partial charge in [0, 0.05) is 44.1 Å². The molecule has 0 spiro atoms. The predicted octanol–water partition coefficient (Wildman–Crippen LogP) is 6.10. The maximum Gasteiger partial charge on any atom is 0.303 e. The Balaban J connectivity index is 1.31. The molecule has 2 aromatic carbocycles. The smallest absolute Gasteiger partial charge is 0.303 e. The summed E-state index contributed by atoms with van der Waals surface area (Å²) < 4.78 is 49.9. The highest BCUT2D eigenvalue weighted by Gasteiger charge is 2.28. The van der Waals surface area contributed by atoms with Gasteiger partial charge in [-0.15, -0.1) is 0 Å². The van der Waals surface area contributed by atoms with Crippen molar-refractivity contribution >= 4 is 26.8 Å². The SMILES string of the molecule is CCC(Oc1ccc2nc(-c3ccc(N(C)C)nc3)ccc2c1)OS(=O)(=O)c1ccc(C)cc1OC1CCCCO1. The van der Waals surface area contributed by atoms with E-state index < -0.39 is 22.7 Å². The minimum Gasteiger partial charge on any atom is -0.464 e. The summed E-state index contributed by atoms with van der Waals surface area (Å²) in [6.07, 6.45) is 3.21. The number of hydrogen-bond donors (Lipinski definition) is 0. The molecule has 3 heterocycles. The van der Waals surface area contributed by atoms with Crippen LogP contribution in [0.5, 0.6) is 11.5 Å². The van der Waals surface area contributed by atoms with Crippen LogP contribution in [0.1, 0.15) is 38.2 Å². The summed E-state index contributed by atoms with van der Waals surface area (Å²) in [4.78, 5) is 11.1. The number of pyridine rings is 2.